The molecule has 3 aromatic heterocycles. The molecule has 0 saturated heterocycles. The van der Waals surface area contributed by atoms with Crippen molar-refractivity contribution in [3.63, 3.8) is 0 Å². The van der Waals surface area contributed by atoms with Crippen molar-refractivity contribution >= 4 is 17.1 Å². The van der Waals surface area contributed by atoms with Crippen LogP contribution in [0.4, 0.5) is 0 Å². The molecule has 3 aromatic rings. The quantitative estimate of drug-likeness (QED) is 0.610. The molecule has 0 bridgehead atoms. The highest BCUT2D eigenvalue weighted by Crippen LogP contribution is 2.17. The molecule has 0 atom stereocenters. The minimum Gasteiger partial charge on any atom is -0.478 e. The highest BCUT2D eigenvalue weighted by atomic mass is 16.4. The van der Waals surface area contributed by atoms with Crippen molar-refractivity contribution in [3.05, 3.63) is 40.3 Å². The number of hydrogen-bond donors (Lipinski definition) is 3. The molecule has 0 radical (unpaired) electrons. The van der Waals surface area contributed by atoms with Gasteiger partial charge in [-0.3, -0.25) is 4.79 Å². The van der Waals surface area contributed by atoms with Crippen LogP contribution in [0.5, 0.6) is 0 Å². The molecule has 0 fully saturated rings. The van der Waals surface area contributed by atoms with Crippen LogP contribution in [0.3, 0.4) is 0 Å². The summed E-state index contributed by atoms with van der Waals surface area (Å²) in [4.78, 5) is 32.8. The van der Waals surface area contributed by atoms with Crippen molar-refractivity contribution in [1.82, 2.24) is 25.1 Å². The van der Waals surface area contributed by atoms with E-state index in [0.717, 1.165) is 0 Å². The van der Waals surface area contributed by atoms with Gasteiger partial charge in [0.1, 0.15) is 5.69 Å². The Kier molecular flexibility index (Phi) is 2.34. The Morgan fingerprint density at radius 3 is 2.84 bits per heavy atom. The summed E-state index contributed by atoms with van der Waals surface area (Å²) >= 11 is 0. The van der Waals surface area contributed by atoms with E-state index in [2.05, 4.69) is 25.1 Å². The first-order chi connectivity index (χ1) is 9.13. The molecule has 8 heteroatoms. The second-order valence-corrected chi connectivity index (χ2v) is 3.79. The molecular weight excluding hydrogens is 250 g/mol. The molecule has 0 unspecified atom stereocenters. The van der Waals surface area contributed by atoms with Crippen LogP contribution in [0.25, 0.3) is 22.7 Å². The summed E-state index contributed by atoms with van der Waals surface area (Å²) in [6, 6.07) is 4.27. The summed E-state index contributed by atoms with van der Waals surface area (Å²) in [6.45, 7) is 0. The first-order valence-electron chi connectivity index (χ1n) is 5.28. The van der Waals surface area contributed by atoms with Crippen LogP contribution in [0.15, 0.2) is 29.2 Å². The molecule has 0 saturated carbocycles. The highest BCUT2D eigenvalue weighted by Gasteiger charge is 2.10. The fourth-order valence-corrected chi connectivity index (χ4v) is 1.61. The molecule has 0 aliphatic rings. The van der Waals surface area contributed by atoms with Crippen LogP contribution in [-0.2, 0) is 0 Å². The lowest BCUT2D eigenvalue weighted by Crippen LogP contribution is -2.05. The largest absolute Gasteiger partial charge is 0.478 e. The SMILES string of the molecule is O=C(O)c1cnc2nc(-c3ccc(=O)[nH]n3)[nH]c2c1. The van der Waals surface area contributed by atoms with Gasteiger partial charge in [-0.2, -0.15) is 5.10 Å². The number of carboxylic acids is 1. The van der Waals surface area contributed by atoms with E-state index in [1.807, 2.05) is 0 Å². The lowest BCUT2D eigenvalue weighted by molar-refractivity contribution is 0.0696. The maximum atomic E-state index is 10.9. The number of nitrogens with one attached hydrogen (secondary N) is 2. The number of hydrogen-bond acceptors (Lipinski definition) is 5. The van der Waals surface area contributed by atoms with E-state index in [9.17, 15) is 9.59 Å². The van der Waals surface area contributed by atoms with Crippen LogP contribution in [0.2, 0.25) is 0 Å². The minimum absolute atomic E-state index is 0.0668. The van der Waals surface area contributed by atoms with Crippen molar-refractivity contribution in [1.29, 1.82) is 0 Å². The molecule has 8 nitrogen and oxygen atoms in total. The Hall–Kier alpha value is -3.03. The van der Waals surface area contributed by atoms with Crippen LogP contribution in [0, 0.1) is 0 Å². The predicted octanol–water partition coefficient (Wildman–Crippen LogP) is 0.406. The zero-order chi connectivity index (χ0) is 13.4. The maximum absolute atomic E-state index is 10.9. The third-order valence-corrected chi connectivity index (χ3v) is 2.51. The fourth-order valence-electron chi connectivity index (χ4n) is 1.61. The third kappa shape index (κ3) is 1.95. The average molecular weight is 257 g/mol. The first kappa shape index (κ1) is 11.1. The lowest BCUT2D eigenvalue weighted by atomic mass is 10.3. The summed E-state index contributed by atoms with van der Waals surface area (Å²) in [5.74, 6) is -0.658. The van der Waals surface area contributed by atoms with Gasteiger partial charge in [0.25, 0.3) is 5.56 Å². The van der Waals surface area contributed by atoms with Gasteiger partial charge in [-0.1, -0.05) is 0 Å². The molecule has 3 rings (SSSR count). The number of aromatic carboxylic acids is 1. The van der Waals surface area contributed by atoms with Gasteiger partial charge in [0.2, 0.25) is 0 Å². The summed E-state index contributed by atoms with van der Waals surface area (Å²) in [5.41, 5.74) is 1.06. The number of fused-ring (bicyclic) bond motifs is 1. The number of H-pyrrole nitrogens is 2. The normalized spacial score (nSPS) is 10.7. The second-order valence-electron chi connectivity index (χ2n) is 3.79. The van der Waals surface area contributed by atoms with Gasteiger partial charge in [0.05, 0.1) is 11.1 Å². The first-order valence-corrected chi connectivity index (χ1v) is 5.28. The van der Waals surface area contributed by atoms with Gasteiger partial charge >= 0.3 is 5.97 Å². The molecule has 0 aliphatic heterocycles. The summed E-state index contributed by atoms with van der Waals surface area (Å²) in [7, 11) is 0. The number of aromatic nitrogens is 5. The minimum atomic E-state index is -1.06. The number of pyridine rings is 1. The van der Waals surface area contributed by atoms with Gasteiger partial charge in [-0.05, 0) is 12.1 Å². The topological polar surface area (TPSA) is 125 Å². The number of carbonyl (C=O) groups is 1. The molecule has 3 heterocycles. The number of imidazole rings is 1. The van der Waals surface area contributed by atoms with E-state index in [1.54, 1.807) is 0 Å². The molecule has 94 valence electrons. The average Bonchev–Trinajstić information content (AvgIpc) is 2.82. The van der Waals surface area contributed by atoms with Gasteiger partial charge in [-0.15, -0.1) is 0 Å². The van der Waals surface area contributed by atoms with Crippen LogP contribution in [0.1, 0.15) is 10.4 Å². The summed E-state index contributed by atoms with van der Waals surface area (Å²) in [6.07, 6.45) is 1.23. The van der Waals surface area contributed by atoms with E-state index in [-0.39, 0.29) is 11.1 Å². The molecule has 0 spiro atoms. The highest BCUT2D eigenvalue weighted by molar-refractivity contribution is 5.91. The van der Waals surface area contributed by atoms with Crippen molar-refractivity contribution < 1.29 is 9.90 Å². The van der Waals surface area contributed by atoms with Crippen molar-refractivity contribution in [3.8, 4) is 11.5 Å². The number of carboxylic acid groups (broad SMARTS) is 1. The summed E-state index contributed by atoms with van der Waals surface area (Å²) < 4.78 is 0. The van der Waals surface area contributed by atoms with Crippen molar-refractivity contribution in [2.45, 2.75) is 0 Å². The molecule has 3 N–H and O–H groups in total. The number of nitrogens with zero attached hydrogens (tertiary/aromatic N) is 3. The Morgan fingerprint density at radius 2 is 2.16 bits per heavy atom. The number of rotatable bonds is 2. The van der Waals surface area contributed by atoms with Crippen LogP contribution < -0.4 is 5.56 Å². The van der Waals surface area contributed by atoms with Gasteiger partial charge in [0.15, 0.2) is 11.5 Å². The maximum Gasteiger partial charge on any atom is 0.337 e. The Morgan fingerprint density at radius 1 is 1.32 bits per heavy atom. The van der Waals surface area contributed by atoms with Gasteiger partial charge < -0.3 is 10.1 Å². The van der Waals surface area contributed by atoms with E-state index in [1.165, 1.54) is 24.4 Å². The Labute approximate surface area is 105 Å². The molecule has 0 amide bonds. The van der Waals surface area contributed by atoms with Gasteiger partial charge in [0, 0.05) is 12.3 Å². The van der Waals surface area contributed by atoms with E-state index < -0.39 is 5.97 Å². The zero-order valence-corrected chi connectivity index (χ0v) is 9.41. The van der Waals surface area contributed by atoms with E-state index in [0.29, 0.717) is 22.7 Å². The molecular formula is C11H7N5O3. The van der Waals surface area contributed by atoms with E-state index >= 15 is 0 Å². The Bertz CT molecular complexity index is 815. The molecule has 0 aromatic carbocycles. The van der Waals surface area contributed by atoms with Gasteiger partial charge in [-0.25, -0.2) is 19.9 Å². The summed E-state index contributed by atoms with van der Waals surface area (Å²) in [5, 5.41) is 15.0. The molecule has 0 aliphatic carbocycles. The lowest BCUT2D eigenvalue weighted by Gasteiger charge is -1.92. The standard InChI is InChI=1S/C11H7N5O3/c17-8-2-1-6(15-16-8)10-13-7-3-5(11(18)19)4-12-9(7)14-10/h1-4H,(H,16,17)(H,18,19)(H,12,13,14). The monoisotopic (exact) mass is 257 g/mol. The van der Waals surface area contributed by atoms with Crippen LogP contribution in [-0.4, -0.2) is 36.2 Å². The predicted molar refractivity (Wildman–Crippen MR) is 64.7 cm³/mol. The fraction of sp³-hybridized carbons (Fsp3) is 0. The van der Waals surface area contributed by atoms with Crippen LogP contribution >= 0.6 is 0 Å². The number of aromatic amines is 2. The third-order valence-electron chi connectivity index (χ3n) is 2.51. The molecule has 19 heavy (non-hydrogen) atoms. The van der Waals surface area contributed by atoms with E-state index in [4.69, 9.17) is 5.11 Å². The van der Waals surface area contributed by atoms with Crippen molar-refractivity contribution in [2.24, 2.45) is 0 Å². The smallest absolute Gasteiger partial charge is 0.337 e. The zero-order valence-electron chi connectivity index (χ0n) is 9.41. The van der Waals surface area contributed by atoms with Crippen molar-refractivity contribution in [2.75, 3.05) is 0 Å². The second kappa shape index (κ2) is 4.02. The Balaban J connectivity index is 2.13.